The minimum absolute atomic E-state index is 0. The summed E-state index contributed by atoms with van der Waals surface area (Å²) in [6.45, 7) is 1.81. The second kappa shape index (κ2) is 6.08. The van der Waals surface area contributed by atoms with E-state index in [9.17, 15) is 4.79 Å². The predicted molar refractivity (Wildman–Crippen MR) is 36.4 cm³/mol. The summed E-state index contributed by atoms with van der Waals surface area (Å²) >= 11 is 2.94. The molecule has 0 aliphatic rings. The second-order valence-electron chi connectivity index (χ2n) is 1.21. The van der Waals surface area contributed by atoms with Crippen molar-refractivity contribution >= 4 is 51.5 Å². The van der Waals surface area contributed by atoms with Crippen molar-refractivity contribution in [2.45, 2.75) is 18.2 Å². The maximum atomic E-state index is 9.88. The summed E-state index contributed by atoms with van der Waals surface area (Å²) in [4.78, 5) is 9.52. The van der Waals surface area contributed by atoms with E-state index < -0.39 is 5.97 Å². The van der Waals surface area contributed by atoms with Crippen molar-refractivity contribution in [3.05, 3.63) is 0 Å². The van der Waals surface area contributed by atoms with E-state index in [0.29, 0.717) is 6.42 Å². The maximum Gasteiger partial charge on any atom is 0.317 e. The Hall–Kier alpha value is 0.950. The Bertz CT molecular complexity index is 76.4. The third kappa shape index (κ3) is 5.09. The molecule has 0 fully saturated rings. The van der Waals surface area contributed by atoms with Crippen LogP contribution in [0.3, 0.4) is 0 Å². The van der Waals surface area contributed by atoms with Gasteiger partial charge in [0, 0.05) is 29.6 Å². The van der Waals surface area contributed by atoms with Crippen LogP contribution < -0.4 is 0 Å². The van der Waals surface area contributed by atoms with Crippen LogP contribution in [0.1, 0.15) is 13.3 Å². The molecule has 1 radical (unpaired) electrons. The minimum Gasteiger partial charge on any atom is -0.480 e. The molecule has 0 amide bonds. The van der Waals surface area contributed by atoms with Crippen LogP contribution in [0.2, 0.25) is 0 Å². The van der Waals surface area contributed by atoms with Gasteiger partial charge in [-0.15, -0.1) is 0 Å². The van der Waals surface area contributed by atoms with Gasteiger partial charge in [-0.05, 0) is 6.42 Å². The molecule has 0 saturated heterocycles. The molecule has 0 saturated carbocycles. The molecule has 0 spiro atoms. The van der Waals surface area contributed by atoms with Crippen LogP contribution in [0.25, 0.3) is 0 Å². The Morgan fingerprint density at radius 3 is 2.25 bits per heavy atom. The van der Waals surface area contributed by atoms with Crippen LogP contribution in [0.5, 0.6) is 0 Å². The van der Waals surface area contributed by atoms with E-state index in [2.05, 4.69) is 15.9 Å². The number of alkyl halides is 1. The molecule has 4 heteroatoms. The molecular formula is C4H7BrNaO2. The van der Waals surface area contributed by atoms with E-state index in [0.717, 1.165) is 0 Å². The number of halogens is 1. The fraction of sp³-hybridized carbons (Fsp3) is 0.750. The molecule has 0 aromatic carbocycles. The fourth-order valence-corrected chi connectivity index (χ4v) is 0.175. The first-order valence-electron chi connectivity index (χ1n) is 2.05. The van der Waals surface area contributed by atoms with Crippen molar-refractivity contribution in [3.8, 4) is 0 Å². The van der Waals surface area contributed by atoms with E-state index in [-0.39, 0.29) is 34.4 Å². The van der Waals surface area contributed by atoms with Crippen molar-refractivity contribution in [1.29, 1.82) is 0 Å². The summed E-state index contributed by atoms with van der Waals surface area (Å²) in [5, 5.41) is 8.14. The van der Waals surface area contributed by atoms with Crippen molar-refractivity contribution in [3.63, 3.8) is 0 Å². The van der Waals surface area contributed by atoms with Crippen LogP contribution in [-0.2, 0) is 4.79 Å². The zero-order chi connectivity index (χ0) is 5.86. The van der Waals surface area contributed by atoms with Gasteiger partial charge in [0.1, 0.15) is 4.83 Å². The topological polar surface area (TPSA) is 37.3 Å². The summed E-state index contributed by atoms with van der Waals surface area (Å²) in [6, 6.07) is 0. The van der Waals surface area contributed by atoms with Crippen molar-refractivity contribution < 1.29 is 9.90 Å². The largest absolute Gasteiger partial charge is 0.480 e. The number of aliphatic carboxylic acids is 1. The molecule has 0 bridgehead atoms. The number of carboxylic acid groups (broad SMARTS) is 1. The Morgan fingerprint density at radius 1 is 1.88 bits per heavy atom. The number of carbonyl (C=O) groups is 1. The number of carboxylic acids is 1. The van der Waals surface area contributed by atoms with Crippen LogP contribution in [0, 0.1) is 0 Å². The van der Waals surface area contributed by atoms with Gasteiger partial charge in [0.2, 0.25) is 0 Å². The number of rotatable bonds is 2. The first-order valence-corrected chi connectivity index (χ1v) is 2.97. The van der Waals surface area contributed by atoms with Gasteiger partial charge in [-0.1, -0.05) is 22.9 Å². The Balaban J connectivity index is 0. The Labute approximate surface area is 79.1 Å². The van der Waals surface area contributed by atoms with Gasteiger partial charge >= 0.3 is 5.97 Å². The first kappa shape index (κ1) is 11.7. The van der Waals surface area contributed by atoms with Crippen molar-refractivity contribution in [2.24, 2.45) is 0 Å². The minimum atomic E-state index is -0.789. The predicted octanol–water partition coefficient (Wildman–Crippen LogP) is 0.864. The summed E-state index contributed by atoms with van der Waals surface area (Å²) in [5.74, 6) is -0.789. The van der Waals surface area contributed by atoms with E-state index >= 15 is 0 Å². The summed E-state index contributed by atoms with van der Waals surface area (Å²) in [7, 11) is 0. The average Bonchev–Trinajstić information content (AvgIpc) is 1.65. The molecular weight excluding hydrogens is 183 g/mol. The molecule has 1 N–H and O–H groups in total. The van der Waals surface area contributed by atoms with Crippen LogP contribution >= 0.6 is 15.9 Å². The second-order valence-corrected chi connectivity index (χ2v) is 2.32. The van der Waals surface area contributed by atoms with Crippen LogP contribution in [0.15, 0.2) is 0 Å². The molecule has 0 aromatic heterocycles. The molecule has 1 atom stereocenters. The molecule has 2 nitrogen and oxygen atoms in total. The van der Waals surface area contributed by atoms with Gasteiger partial charge in [-0.2, -0.15) is 0 Å². The molecule has 0 aliphatic heterocycles. The third-order valence-electron chi connectivity index (χ3n) is 0.626. The molecule has 1 unspecified atom stereocenters. The zero-order valence-corrected chi connectivity index (χ0v) is 8.60. The van der Waals surface area contributed by atoms with Gasteiger partial charge in [-0.25, -0.2) is 0 Å². The first-order chi connectivity index (χ1) is 3.18. The van der Waals surface area contributed by atoms with Crippen molar-refractivity contribution in [2.75, 3.05) is 0 Å². The van der Waals surface area contributed by atoms with Gasteiger partial charge in [0.25, 0.3) is 0 Å². The standard InChI is InChI=1S/C4H7BrO2.Na/c1-2-3(5)4(6)7;/h3H,2H2,1H3,(H,6,7);. The van der Waals surface area contributed by atoms with Gasteiger partial charge in [-0.3, -0.25) is 4.79 Å². The van der Waals surface area contributed by atoms with Crippen molar-refractivity contribution in [1.82, 2.24) is 0 Å². The van der Waals surface area contributed by atoms with E-state index in [1.165, 1.54) is 0 Å². The molecule has 43 valence electrons. The quantitative estimate of drug-likeness (QED) is 0.518. The van der Waals surface area contributed by atoms with Gasteiger partial charge in [0.15, 0.2) is 0 Å². The maximum absolute atomic E-state index is 9.88. The smallest absolute Gasteiger partial charge is 0.317 e. The number of hydrogen-bond acceptors (Lipinski definition) is 1. The zero-order valence-electron chi connectivity index (χ0n) is 5.02. The van der Waals surface area contributed by atoms with Gasteiger partial charge < -0.3 is 5.11 Å². The van der Waals surface area contributed by atoms with E-state index in [1.807, 2.05) is 6.92 Å². The Morgan fingerprint density at radius 2 is 2.25 bits per heavy atom. The van der Waals surface area contributed by atoms with Crippen LogP contribution in [-0.4, -0.2) is 45.5 Å². The summed E-state index contributed by atoms with van der Waals surface area (Å²) in [5.41, 5.74) is 0. The molecule has 0 aliphatic carbocycles. The monoisotopic (exact) mass is 189 g/mol. The molecule has 0 aromatic rings. The molecule has 8 heavy (non-hydrogen) atoms. The Kier molecular flexibility index (Phi) is 8.89. The SMILES string of the molecule is CCC(Br)C(=O)O.[Na]. The van der Waals surface area contributed by atoms with Crippen LogP contribution in [0.4, 0.5) is 0 Å². The fourth-order valence-electron chi connectivity index (χ4n) is 0.175. The van der Waals surface area contributed by atoms with E-state index in [4.69, 9.17) is 5.11 Å². The molecule has 0 heterocycles. The van der Waals surface area contributed by atoms with E-state index in [1.54, 1.807) is 0 Å². The average molecular weight is 190 g/mol. The number of hydrogen-bond donors (Lipinski definition) is 1. The summed E-state index contributed by atoms with van der Waals surface area (Å²) < 4.78 is 0. The normalized spacial score (nSPS) is 11.8. The van der Waals surface area contributed by atoms with Gasteiger partial charge in [0.05, 0.1) is 0 Å². The summed E-state index contributed by atoms with van der Waals surface area (Å²) in [6.07, 6.45) is 0.634. The molecule has 0 rings (SSSR count). The third-order valence-corrected chi connectivity index (χ3v) is 1.67.